The smallest absolute Gasteiger partial charge is 0.262 e. The van der Waals surface area contributed by atoms with Gasteiger partial charge in [-0.15, -0.1) is 11.3 Å². The van der Waals surface area contributed by atoms with Gasteiger partial charge in [-0.1, -0.05) is 20.8 Å². The van der Waals surface area contributed by atoms with Gasteiger partial charge < -0.3 is 19.7 Å². The monoisotopic (exact) mass is 459 g/mol. The van der Waals surface area contributed by atoms with Crippen molar-refractivity contribution in [3.05, 3.63) is 35.2 Å². The average Bonchev–Trinajstić information content (AvgIpc) is 3.50. The van der Waals surface area contributed by atoms with Crippen molar-refractivity contribution < 1.29 is 14.3 Å². The Bertz CT molecular complexity index is 866. The first-order valence-corrected chi connectivity index (χ1v) is 12.6. The number of benzene rings is 1. The number of hydrogen-bond acceptors (Lipinski definition) is 6. The quantitative estimate of drug-likeness (QED) is 0.498. The fraction of sp³-hybridized carbons (Fsp3) is 0.560. The summed E-state index contributed by atoms with van der Waals surface area (Å²) in [7, 11) is 1.66. The number of hydrogen-bond donors (Lipinski definition) is 1. The van der Waals surface area contributed by atoms with Crippen molar-refractivity contribution in [2.24, 2.45) is 0 Å². The third kappa shape index (κ3) is 6.24. The number of likely N-dealkylation sites (tertiary alicyclic amines) is 1. The molecule has 1 saturated heterocycles. The number of amides is 1. The Hall–Kier alpha value is -2.09. The number of rotatable bonds is 12. The van der Waals surface area contributed by atoms with Crippen molar-refractivity contribution in [1.82, 2.24) is 15.1 Å². The number of thiophene rings is 1. The Balaban J connectivity index is 1.60. The van der Waals surface area contributed by atoms with Crippen LogP contribution in [0.4, 0.5) is 0 Å². The van der Waals surface area contributed by atoms with Crippen LogP contribution in [-0.4, -0.2) is 68.3 Å². The van der Waals surface area contributed by atoms with E-state index in [0.717, 1.165) is 53.7 Å². The first kappa shape index (κ1) is 24.6. The molecule has 1 amide bonds. The van der Waals surface area contributed by atoms with E-state index in [2.05, 4.69) is 35.9 Å². The third-order valence-corrected chi connectivity index (χ3v) is 7.38. The topological polar surface area (TPSA) is 54.0 Å². The second-order valence-electron chi connectivity index (χ2n) is 8.09. The maximum Gasteiger partial charge on any atom is 0.262 e. The summed E-state index contributed by atoms with van der Waals surface area (Å²) < 4.78 is 11.5. The lowest BCUT2D eigenvalue weighted by molar-refractivity contribution is 0.0921. The van der Waals surface area contributed by atoms with Crippen LogP contribution in [0.1, 0.15) is 49.7 Å². The van der Waals surface area contributed by atoms with Gasteiger partial charge in [-0.05, 0) is 68.2 Å². The van der Waals surface area contributed by atoms with Gasteiger partial charge in [-0.2, -0.15) is 0 Å². The molecule has 1 aromatic heterocycles. The summed E-state index contributed by atoms with van der Waals surface area (Å²) in [5, 5.41) is 3.09. The summed E-state index contributed by atoms with van der Waals surface area (Å²) in [6, 6.07) is 10.5. The van der Waals surface area contributed by atoms with Crippen LogP contribution >= 0.6 is 11.3 Å². The maximum absolute atomic E-state index is 12.7. The first-order valence-electron chi connectivity index (χ1n) is 11.7. The molecule has 2 heterocycles. The highest BCUT2D eigenvalue weighted by molar-refractivity contribution is 7.17. The van der Waals surface area contributed by atoms with Gasteiger partial charge in [0.2, 0.25) is 0 Å². The number of carbonyl (C=O) groups is 1. The number of nitrogens with zero attached hydrogens (tertiary/aromatic N) is 2. The van der Waals surface area contributed by atoms with Crippen LogP contribution in [0.5, 0.6) is 11.5 Å². The molecule has 32 heavy (non-hydrogen) atoms. The predicted molar refractivity (Wildman–Crippen MR) is 132 cm³/mol. The van der Waals surface area contributed by atoms with Crippen LogP contribution in [0.15, 0.2) is 30.3 Å². The summed E-state index contributed by atoms with van der Waals surface area (Å²) >= 11 is 1.50. The molecule has 0 radical (unpaired) electrons. The number of nitrogens with one attached hydrogen (secondary N) is 1. The van der Waals surface area contributed by atoms with Gasteiger partial charge in [0.25, 0.3) is 5.91 Å². The van der Waals surface area contributed by atoms with Gasteiger partial charge >= 0.3 is 0 Å². The number of likely N-dealkylation sites (N-methyl/N-ethyl adjacent to an activating group) is 1. The van der Waals surface area contributed by atoms with Crippen LogP contribution in [0.3, 0.4) is 0 Å². The molecular weight excluding hydrogens is 422 g/mol. The summed E-state index contributed by atoms with van der Waals surface area (Å²) in [5.41, 5.74) is 1.02. The highest BCUT2D eigenvalue weighted by atomic mass is 32.1. The van der Waals surface area contributed by atoms with E-state index < -0.39 is 0 Å². The summed E-state index contributed by atoms with van der Waals surface area (Å²) in [5.74, 6) is 1.45. The Morgan fingerprint density at radius 2 is 2.00 bits per heavy atom. The van der Waals surface area contributed by atoms with Crippen LogP contribution in [0.25, 0.3) is 10.4 Å². The van der Waals surface area contributed by atoms with Crippen LogP contribution < -0.4 is 14.8 Å². The second-order valence-corrected chi connectivity index (χ2v) is 9.17. The Labute approximate surface area is 196 Å². The Morgan fingerprint density at radius 1 is 1.19 bits per heavy atom. The van der Waals surface area contributed by atoms with E-state index in [0.29, 0.717) is 25.1 Å². The van der Waals surface area contributed by atoms with Gasteiger partial charge in [0, 0.05) is 24.0 Å². The molecule has 1 N–H and O–H groups in total. The van der Waals surface area contributed by atoms with E-state index in [9.17, 15) is 4.79 Å². The number of ether oxygens (including phenoxy) is 2. The molecule has 0 aliphatic carbocycles. The molecule has 0 unspecified atom stereocenters. The van der Waals surface area contributed by atoms with E-state index in [1.165, 1.54) is 24.2 Å². The summed E-state index contributed by atoms with van der Waals surface area (Å²) in [6.07, 6.45) is 3.58. The fourth-order valence-corrected chi connectivity index (χ4v) is 5.12. The average molecular weight is 460 g/mol. The lowest BCUT2D eigenvalue weighted by atomic mass is 10.1. The molecule has 0 spiro atoms. The van der Waals surface area contributed by atoms with E-state index >= 15 is 0 Å². The lowest BCUT2D eigenvalue weighted by Gasteiger charge is -2.23. The first-order chi connectivity index (χ1) is 15.6. The lowest BCUT2D eigenvalue weighted by Crippen LogP contribution is -2.39. The zero-order valence-corrected chi connectivity index (χ0v) is 20.7. The number of methoxy groups -OCH3 is 1. The molecule has 1 aliphatic rings. The second kappa shape index (κ2) is 12.2. The normalized spacial score (nSPS) is 16.5. The molecule has 1 aromatic carbocycles. The van der Waals surface area contributed by atoms with Crippen molar-refractivity contribution in [3.8, 4) is 21.9 Å². The van der Waals surface area contributed by atoms with Crippen LogP contribution in [-0.2, 0) is 0 Å². The van der Waals surface area contributed by atoms with Gasteiger partial charge in [-0.25, -0.2) is 0 Å². The molecule has 1 atom stereocenters. The predicted octanol–water partition coefficient (Wildman–Crippen LogP) is 4.71. The maximum atomic E-state index is 12.7. The molecule has 3 rings (SSSR count). The summed E-state index contributed by atoms with van der Waals surface area (Å²) in [4.78, 5) is 19.1. The Morgan fingerprint density at radius 3 is 2.72 bits per heavy atom. The molecular formula is C25H37N3O3S. The third-order valence-electron chi connectivity index (χ3n) is 6.25. The van der Waals surface area contributed by atoms with Gasteiger partial charge in [0.1, 0.15) is 6.61 Å². The van der Waals surface area contributed by atoms with Crippen molar-refractivity contribution >= 4 is 17.2 Å². The molecule has 0 saturated carbocycles. The zero-order valence-electron chi connectivity index (χ0n) is 19.9. The molecule has 2 aromatic rings. The number of carbonyl (C=O) groups excluding carboxylic acids is 1. The van der Waals surface area contributed by atoms with Gasteiger partial charge in [0.05, 0.1) is 18.7 Å². The van der Waals surface area contributed by atoms with E-state index in [1.807, 2.05) is 30.3 Å². The van der Waals surface area contributed by atoms with Crippen LogP contribution in [0, 0.1) is 0 Å². The summed E-state index contributed by atoms with van der Waals surface area (Å²) in [6.45, 7) is 11.8. The minimum atomic E-state index is -0.00803. The van der Waals surface area contributed by atoms with E-state index in [4.69, 9.17) is 9.47 Å². The van der Waals surface area contributed by atoms with Gasteiger partial charge in [-0.3, -0.25) is 9.69 Å². The highest BCUT2D eigenvalue weighted by Gasteiger charge is 2.23. The van der Waals surface area contributed by atoms with Crippen LogP contribution in [0.2, 0.25) is 0 Å². The molecule has 6 nitrogen and oxygen atoms in total. The SMILES string of the molecule is CC[C@H]1CCCN1CNC(=O)c1ccc(-c2ccc(OCCN(CC)CC)c(OC)c2)s1. The Kier molecular flexibility index (Phi) is 9.38. The van der Waals surface area contributed by atoms with Crippen molar-refractivity contribution in [2.75, 3.05) is 46.6 Å². The minimum Gasteiger partial charge on any atom is -0.493 e. The van der Waals surface area contributed by atoms with Crippen molar-refractivity contribution in [2.45, 2.75) is 46.1 Å². The largest absolute Gasteiger partial charge is 0.493 e. The molecule has 0 bridgehead atoms. The van der Waals surface area contributed by atoms with Crippen molar-refractivity contribution in [3.63, 3.8) is 0 Å². The van der Waals surface area contributed by atoms with Crippen molar-refractivity contribution in [1.29, 1.82) is 0 Å². The molecule has 176 valence electrons. The fourth-order valence-electron chi connectivity index (χ4n) is 4.21. The zero-order chi connectivity index (χ0) is 22.9. The molecule has 1 aliphatic heterocycles. The van der Waals surface area contributed by atoms with E-state index in [-0.39, 0.29) is 5.91 Å². The highest BCUT2D eigenvalue weighted by Crippen LogP contribution is 2.35. The molecule has 1 fully saturated rings. The van der Waals surface area contributed by atoms with E-state index in [1.54, 1.807) is 7.11 Å². The standard InChI is InChI=1S/C25H37N3O3S/c1-5-20-9-8-14-28(20)18-26-25(29)24-13-12-23(32-24)19-10-11-21(22(17-19)30-4)31-16-15-27(6-2)7-3/h10-13,17,20H,5-9,14-16,18H2,1-4H3,(H,26,29)/t20-/m0/s1. The van der Waals surface area contributed by atoms with Gasteiger partial charge in [0.15, 0.2) is 11.5 Å². The molecule has 7 heteroatoms. The minimum absolute atomic E-state index is 0.00803.